The third kappa shape index (κ3) is 4.97. The Morgan fingerprint density at radius 2 is 1.96 bits per heavy atom. The van der Waals surface area contributed by atoms with E-state index < -0.39 is 6.04 Å². The number of rotatable bonds is 7. The van der Waals surface area contributed by atoms with Gasteiger partial charge in [0, 0.05) is 37.7 Å². The molecule has 27 heavy (non-hydrogen) atoms. The van der Waals surface area contributed by atoms with Crippen molar-refractivity contribution in [2.75, 3.05) is 26.2 Å². The Bertz CT molecular complexity index is 690. The Kier molecular flexibility index (Phi) is 7.18. The van der Waals surface area contributed by atoms with E-state index in [1.54, 1.807) is 17.0 Å². The Hall–Kier alpha value is -2.61. The Balaban J connectivity index is 2.14. The van der Waals surface area contributed by atoms with Gasteiger partial charge in [0.2, 0.25) is 11.8 Å². The van der Waals surface area contributed by atoms with Crippen LogP contribution >= 0.6 is 0 Å². The number of aliphatic hydroxyl groups is 1. The third-order valence-electron chi connectivity index (χ3n) is 4.75. The summed E-state index contributed by atoms with van der Waals surface area (Å²) in [5.41, 5.74) is 0.307. The average Bonchev–Trinajstić information content (AvgIpc) is 3.06. The fourth-order valence-corrected chi connectivity index (χ4v) is 3.35. The number of aromatic hydroxyl groups is 1. The van der Waals surface area contributed by atoms with Crippen LogP contribution in [0.25, 0.3) is 0 Å². The van der Waals surface area contributed by atoms with Crippen molar-refractivity contribution in [3.05, 3.63) is 29.8 Å². The number of phenolic OH excluding ortho intramolecular Hbond substituents is 1. The molecule has 1 aliphatic heterocycles. The summed E-state index contributed by atoms with van der Waals surface area (Å²) < 4.78 is 0. The minimum absolute atomic E-state index is 0.0107. The molecule has 3 N–H and O–H groups in total. The van der Waals surface area contributed by atoms with Crippen molar-refractivity contribution >= 4 is 17.7 Å². The van der Waals surface area contributed by atoms with Crippen LogP contribution in [0.1, 0.15) is 37.0 Å². The maximum absolute atomic E-state index is 12.8. The number of nitrogens with one attached hydrogen (secondary N) is 1. The van der Waals surface area contributed by atoms with Gasteiger partial charge >= 0.3 is 0 Å². The van der Waals surface area contributed by atoms with E-state index in [2.05, 4.69) is 5.32 Å². The van der Waals surface area contributed by atoms with Crippen molar-refractivity contribution in [1.82, 2.24) is 15.1 Å². The summed E-state index contributed by atoms with van der Waals surface area (Å²) in [4.78, 5) is 40.7. The average molecular weight is 377 g/mol. The largest absolute Gasteiger partial charge is 0.508 e. The van der Waals surface area contributed by atoms with Gasteiger partial charge < -0.3 is 25.3 Å². The number of phenols is 1. The minimum atomic E-state index is -0.654. The number of likely N-dealkylation sites (N-methyl/N-ethyl adjacent to an activating group) is 1. The molecule has 0 aromatic heterocycles. The third-order valence-corrected chi connectivity index (χ3v) is 4.75. The fraction of sp³-hybridized carbons (Fsp3) is 0.526. The predicted octanol–water partition coefficient (Wildman–Crippen LogP) is 0.342. The summed E-state index contributed by atoms with van der Waals surface area (Å²) >= 11 is 0. The zero-order valence-corrected chi connectivity index (χ0v) is 15.7. The van der Waals surface area contributed by atoms with E-state index in [0.717, 1.165) is 0 Å². The maximum Gasteiger partial charge on any atom is 0.251 e. The first-order chi connectivity index (χ1) is 12.9. The number of nitrogens with zero attached hydrogens (tertiary/aromatic N) is 2. The van der Waals surface area contributed by atoms with Crippen LogP contribution in [0, 0.1) is 0 Å². The van der Waals surface area contributed by atoms with E-state index in [0.29, 0.717) is 25.1 Å². The van der Waals surface area contributed by atoms with Crippen LogP contribution in [0.2, 0.25) is 0 Å². The van der Waals surface area contributed by atoms with Crippen molar-refractivity contribution < 1.29 is 24.6 Å². The van der Waals surface area contributed by atoms with E-state index >= 15 is 0 Å². The van der Waals surface area contributed by atoms with Gasteiger partial charge in [0.05, 0.1) is 6.61 Å². The molecule has 148 valence electrons. The normalized spacial score (nSPS) is 19.0. The highest BCUT2D eigenvalue weighted by molar-refractivity contribution is 5.95. The van der Waals surface area contributed by atoms with Crippen molar-refractivity contribution in [2.45, 2.75) is 38.8 Å². The lowest BCUT2D eigenvalue weighted by atomic mass is 10.1. The lowest BCUT2D eigenvalue weighted by Gasteiger charge is -2.28. The maximum atomic E-state index is 12.8. The zero-order chi connectivity index (χ0) is 20.0. The zero-order valence-electron chi connectivity index (χ0n) is 15.7. The van der Waals surface area contributed by atoms with Gasteiger partial charge in [0.15, 0.2) is 0 Å². The molecule has 8 nitrogen and oxygen atoms in total. The Morgan fingerprint density at radius 3 is 2.56 bits per heavy atom. The molecule has 8 heteroatoms. The van der Waals surface area contributed by atoms with Crippen molar-refractivity contribution in [3.8, 4) is 5.75 Å². The molecule has 2 rings (SSSR count). The highest BCUT2D eigenvalue weighted by Crippen LogP contribution is 2.22. The Labute approximate surface area is 158 Å². The van der Waals surface area contributed by atoms with E-state index in [4.69, 9.17) is 5.11 Å². The molecular weight excluding hydrogens is 350 g/mol. The second-order valence-electron chi connectivity index (χ2n) is 6.50. The minimum Gasteiger partial charge on any atom is -0.508 e. The van der Waals surface area contributed by atoms with Gasteiger partial charge in [-0.05, 0) is 38.5 Å². The molecule has 1 heterocycles. The number of carbonyl (C=O) groups is 3. The number of carbonyl (C=O) groups excluding carboxylic acids is 3. The first-order valence-electron chi connectivity index (χ1n) is 9.20. The summed E-state index contributed by atoms with van der Waals surface area (Å²) in [6, 6.07) is 4.95. The van der Waals surface area contributed by atoms with Crippen LogP contribution in [-0.2, 0) is 9.59 Å². The molecule has 1 aromatic carbocycles. The van der Waals surface area contributed by atoms with E-state index in [1.165, 1.54) is 17.0 Å². The van der Waals surface area contributed by atoms with Crippen LogP contribution in [0.15, 0.2) is 24.3 Å². The molecule has 0 radical (unpaired) electrons. The standard InChI is InChI=1S/C19H27N3O5/c1-3-21(4-2)19(27)16-11-14(12-22(16)17(25)8-9-23)20-18(26)13-6-5-7-15(24)10-13/h5-7,10,14,16,23-24H,3-4,8-9,11-12H2,1-2H3,(H,20,26)/t14-,16+/m1/s1. The number of likely N-dealkylation sites (tertiary alicyclic amines) is 1. The molecule has 3 amide bonds. The van der Waals surface area contributed by atoms with Crippen molar-refractivity contribution in [2.24, 2.45) is 0 Å². The van der Waals surface area contributed by atoms with Crippen LogP contribution in [0.4, 0.5) is 0 Å². The highest BCUT2D eigenvalue weighted by atomic mass is 16.3. The highest BCUT2D eigenvalue weighted by Gasteiger charge is 2.41. The monoisotopic (exact) mass is 377 g/mol. The Morgan fingerprint density at radius 1 is 1.26 bits per heavy atom. The summed E-state index contributed by atoms with van der Waals surface area (Å²) in [7, 11) is 0. The van der Waals surface area contributed by atoms with E-state index in [1.807, 2.05) is 13.8 Å². The summed E-state index contributed by atoms with van der Waals surface area (Å²) in [5.74, 6) is -0.845. The lowest BCUT2D eigenvalue weighted by molar-refractivity contribution is -0.144. The topological polar surface area (TPSA) is 110 Å². The van der Waals surface area contributed by atoms with Gasteiger partial charge in [-0.1, -0.05) is 6.07 Å². The molecular formula is C19H27N3O5. The molecule has 1 aromatic rings. The van der Waals surface area contributed by atoms with Crippen LogP contribution in [0.3, 0.4) is 0 Å². The van der Waals surface area contributed by atoms with E-state index in [-0.39, 0.29) is 49.1 Å². The SMILES string of the molecule is CCN(CC)C(=O)[C@@H]1C[C@@H](NC(=O)c2cccc(O)c2)CN1C(=O)CCO. The molecule has 1 fully saturated rings. The number of hydrogen-bond donors (Lipinski definition) is 3. The second kappa shape index (κ2) is 9.36. The molecule has 0 saturated carbocycles. The summed E-state index contributed by atoms with van der Waals surface area (Å²) in [5, 5.41) is 21.4. The molecule has 1 aliphatic rings. The van der Waals surface area contributed by atoms with Crippen molar-refractivity contribution in [1.29, 1.82) is 0 Å². The number of hydrogen-bond acceptors (Lipinski definition) is 5. The number of amides is 3. The van der Waals surface area contributed by atoms with Gasteiger partial charge in [-0.15, -0.1) is 0 Å². The molecule has 0 unspecified atom stereocenters. The van der Waals surface area contributed by atoms with Gasteiger partial charge in [-0.3, -0.25) is 14.4 Å². The molecule has 0 bridgehead atoms. The second-order valence-corrected chi connectivity index (χ2v) is 6.50. The smallest absolute Gasteiger partial charge is 0.251 e. The quantitative estimate of drug-likeness (QED) is 0.635. The first kappa shape index (κ1) is 20.7. The van der Waals surface area contributed by atoms with Gasteiger partial charge in [0.1, 0.15) is 11.8 Å². The molecule has 0 aliphatic carbocycles. The molecule has 0 spiro atoms. The van der Waals surface area contributed by atoms with Crippen molar-refractivity contribution in [3.63, 3.8) is 0 Å². The van der Waals surface area contributed by atoms with Gasteiger partial charge in [-0.25, -0.2) is 0 Å². The predicted molar refractivity (Wildman–Crippen MR) is 99.1 cm³/mol. The van der Waals surface area contributed by atoms with E-state index in [9.17, 15) is 19.5 Å². The lowest BCUT2D eigenvalue weighted by Crippen LogP contribution is -2.47. The van der Waals surface area contributed by atoms with Crippen LogP contribution < -0.4 is 5.32 Å². The van der Waals surface area contributed by atoms with Gasteiger partial charge in [0.25, 0.3) is 5.91 Å². The molecule has 1 saturated heterocycles. The van der Waals surface area contributed by atoms with Gasteiger partial charge in [-0.2, -0.15) is 0 Å². The van der Waals surface area contributed by atoms with Crippen LogP contribution in [-0.4, -0.2) is 76.1 Å². The van der Waals surface area contributed by atoms with Crippen LogP contribution in [0.5, 0.6) is 5.75 Å². The fourth-order valence-electron chi connectivity index (χ4n) is 3.35. The number of aliphatic hydroxyl groups excluding tert-OH is 1. The number of benzene rings is 1. The summed E-state index contributed by atoms with van der Waals surface area (Å²) in [6.07, 6.45) is 0.256. The molecule has 2 atom stereocenters. The first-order valence-corrected chi connectivity index (χ1v) is 9.20. The summed E-state index contributed by atoms with van der Waals surface area (Å²) in [6.45, 7) is 4.74.